The summed E-state index contributed by atoms with van der Waals surface area (Å²) in [5.74, 6) is 0. The van der Waals surface area contributed by atoms with E-state index in [-0.39, 0.29) is 0 Å². The lowest BCUT2D eigenvalue weighted by molar-refractivity contribution is 0.221. The third-order valence-electron chi connectivity index (χ3n) is 5.18. The maximum Gasteiger partial charge on any atom is 0.404 e. The maximum atomic E-state index is 6.19. The SMILES string of the molecule is C=CO[Si](OC)(C1CCCCCC1)C1CCCCC1. The Kier molecular flexibility index (Phi) is 5.95. The second-order valence-electron chi connectivity index (χ2n) is 6.23. The van der Waals surface area contributed by atoms with Crippen molar-refractivity contribution in [3.63, 3.8) is 0 Å². The van der Waals surface area contributed by atoms with E-state index in [4.69, 9.17) is 8.85 Å². The summed E-state index contributed by atoms with van der Waals surface area (Å²) in [4.78, 5) is 0. The summed E-state index contributed by atoms with van der Waals surface area (Å²) in [6.45, 7) is 3.84. The number of hydrogen-bond acceptors (Lipinski definition) is 2. The Morgan fingerprint density at radius 3 is 1.63 bits per heavy atom. The molecule has 2 aliphatic carbocycles. The Morgan fingerprint density at radius 1 is 0.842 bits per heavy atom. The van der Waals surface area contributed by atoms with Crippen LogP contribution in [0.25, 0.3) is 0 Å². The minimum absolute atomic E-state index is 0.682. The fourth-order valence-corrected chi connectivity index (χ4v) is 8.73. The van der Waals surface area contributed by atoms with Crippen LogP contribution in [0.1, 0.15) is 70.6 Å². The minimum Gasteiger partial charge on any atom is -0.527 e. The maximum absolute atomic E-state index is 6.19. The van der Waals surface area contributed by atoms with Crippen molar-refractivity contribution in [1.29, 1.82) is 0 Å². The van der Waals surface area contributed by atoms with Gasteiger partial charge in [0, 0.05) is 18.2 Å². The summed E-state index contributed by atoms with van der Waals surface area (Å²) in [5.41, 5.74) is 1.37. The zero-order chi connectivity index (χ0) is 13.6. The summed E-state index contributed by atoms with van der Waals surface area (Å²) >= 11 is 0. The zero-order valence-electron chi connectivity index (χ0n) is 12.5. The van der Waals surface area contributed by atoms with E-state index in [2.05, 4.69) is 6.58 Å². The Morgan fingerprint density at radius 2 is 1.26 bits per heavy atom. The van der Waals surface area contributed by atoms with Gasteiger partial charge in [0.15, 0.2) is 0 Å². The van der Waals surface area contributed by atoms with Crippen molar-refractivity contribution < 1.29 is 8.85 Å². The first-order chi connectivity index (χ1) is 9.33. The molecule has 0 aromatic rings. The Hall–Kier alpha value is -0.283. The molecule has 1 atom stereocenters. The van der Waals surface area contributed by atoms with Crippen molar-refractivity contribution in [1.82, 2.24) is 0 Å². The molecule has 110 valence electrons. The monoisotopic (exact) mass is 282 g/mol. The molecule has 0 aromatic carbocycles. The largest absolute Gasteiger partial charge is 0.527 e. The first-order valence-corrected chi connectivity index (χ1v) is 10.1. The third kappa shape index (κ3) is 3.43. The molecule has 2 rings (SSSR count). The Bertz CT molecular complexity index is 268. The van der Waals surface area contributed by atoms with Gasteiger partial charge in [-0.3, -0.25) is 0 Å². The topological polar surface area (TPSA) is 18.5 Å². The summed E-state index contributed by atoms with van der Waals surface area (Å²) in [5, 5.41) is 0. The van der Waals surface area contributed by atoms with Gasteiger partial charge in [-0.05, 0) is 25.7 Å². The van der Waals surface area contributed by atoms with Crippen LogP contribution in [-0.4, -0.2) is 15.7 Å². The molecule has 0 N–H and O–H groups in total. The molecule has 2 fully saturated rings. The smallest absolute Gasteiger partial charge is 0.404 e. The van der Waals surface area contributed by atoms with E-state index in [1.807, 2.05) is 7.11 Å². The van der Waals surface area contributed by atoms with Gasteiger partial charge in [-0.25, -0.2) is 0 Å². The van der Waals surface area contributed by atoms with E-state index in [0.29, 0.717) is 11.1 Å². The molecule has 0 aromatic heterocycles. The zero-order valence-corrected chi connectivity index (χ0v) is 13.5. The van der Waals surface area contributed by atoms with Gasteiger partial charge in [-0.1, -0.05) is 51.5 Å². The van der Waals surface area contributed by atoms with Crippen molar-refractivity contribution >= 4 is 8.56 Å². The molecular weight excluding hydrogens is 252 g/mol. The van der Waals surface area contributed by atoms with Crippen LogP contribution in [0.3, 0.4) is 0 Å². The first-order valence-electron chi connectivity index (χ1n) is 8.17. The van der Waals surface area contributed by atoms with Crippen molar-refractivity contribution in [2.24, 2.45) is 0 Å². The van der Waals surface area contributed by atoms with Gasteiger partial charge in [-0.2, -0.15) is 0 Å². The van der Waals surface area contributed by atoms with Crippen LogP contribution in [0, 0.1) is 0 Å². The second kappa shape index (κ2) is 7.49. The highest BCUT2D eigenvalue weighted by molar-refractivity contribution is 6.70. The summed E-state index contributed by atoms with van der Waals surface area (Å²) in [7, 11) is -0.220. The molecule has 0 amide bonds. The Labute approximate surface area is 119 Å². The summed E-state index contributed by atoms with van der Waals surface area (Å²) < 4.78 is 12.4. The lowest BCUT2D eigenvalue weighted by atomic mass is 10.0. The molecule has 0 aliphatic heterocycles. The molecule has 2 aliphatic rings. The molecular formula is C16H30O2Si. The predicted molar refractivity (Wildman–Crippen MR) is 82.3 cm³/mol. The highest BCUT2D eigenvalue weighted by Crippen LogP contribution is 2.48. The van der Waals surface area contributed by atoms with Crippen LogP contribution in [0.5, 0.6) is 0 Å². The fourth-order valence-electron chi connectivity index (χ4n) is 4.22. The molecule has 0 heterocycles. The van der Waals surface area contributed by atoms with E-state index >= 15 is 0 Å². The van der Waals surface area contributed by atoms with Gasteiger partial charge < -0.3 is 8.85 Å². The average molecular weight is 282 g/mol. The molecule has 19 heavy (non-hydrogen) atoms. The summed E-state index contributed by atoms with van der Waals surface area (Å²) in [6, 6.07) is 0. The normalized spacial score (nSPS) is 26.4. The fraction of sp³-hybridized carbons (Fsp3) is 0.875. The Balaban J connectivity index is 2.17. The summed E-state index contributed by atoms with van der Waals surface area (Å²) in [6.07, 6.45) is 16.5. The molecule has 1 unspecified atom stereocenters. The van der Waals surface area contributed by atoms with E-state index in [9.17, 15) is 0 Å². The number of hydrogen-bond donors (Lipinski definition) is 0. The van der Waals surface area contributed by atoms with Gasteiger partial charge in [-0.15, -0.1) is 0 Å². The highest BCUT2D eigenvalue weighted by Gasteiger charge is 2.52. The minimum atomic E-state index is -2.12. The quantitative estimate of drug-likeness (QED) is 0.387. The van der Waals surface area contributed by atoms with Gasteiger partial charge in [0.2, 0.25) is 0 Å². The van der Waals surface area contributed by atoms with Crippen molar-refractivity contribution in [2.45, 2.75) is 81.7 Å². The molecule has 0 bridgehead atoms. The molecule has 3 heteroatoms. The van der Waals surface area contributed by atoms with Gasteiger partial charge >= 0.3 is 8.56 Å². The molecule has 2 nitrogen and oxygen atoms in total. The molecule has 2 saturated carbocycles. The van der Waals surface area contributed by atoms with Gasteiger partial charge in [0.05, 0.1) is 6.26 Å². The lowest BCUT2D eigenvalue weighted by Crippen LogP contribution is -2.50. The third-order valence-corrected chi connectivity index (χ3v) is 9.79. The lowest BCUT2D eigenvalue weighted by Gasteiger charge is -2.42. The van der Waals surface area contributed by atoms with Crippen molar-refractivity contribution in [2.75, 3.05) is 7.11 Å². The van der Waals surface area contributed by atoms with E-state index in [0.717, 1.165) is 0 Å². The van der Waals surface area contributed by atoms with Gasteiger partial charge in [0.25, 0.3) is 0 Å². The van der Waals surface area contributed by atoms with E-state index < -0.39 is 8.56 Å². The van der Waals surface area contributed by atoms with Crippen LogP contribution in [0.2, 0.25) is 11.1 Å². The molecule has 0 radical (unpaired) electrons. The van der Waals surface area contributed by atoms with Crippen molar-refractivity contribution in [3.05, 3.63) is 12.8 Å². The second-order valence-corrected chi connectivity index (χ2v) is 9.95. The van der Waals surface area contributed by atoms with E-state index in [1.54, 1.807) is 6.26 Å². The number of rotatable bonds is 5. The van der Waals surface area contributed by atoms with Crippen LogP contribution in [0.4, 0.5) is 0 Å². The predicted octanol–water partition coefficient (Wildman–Crippen LogP) is 5.29. The first kappa shape index (κ1) is 15.1. The standard InChI is InChI=1S/C16H30O2Si/c1-3-18-19(17-2,16-13-9-6-10-14-16)15-11-7-4-5-8-12-15/h3,15-16H,1,4-14H2,2H3. The van der Waals surface area contributed by atoms with Crippen LogP contribution in [-0.2, 0) is 8.85 Å². The molecule has 0 spiro atoms. The highest BCUT2D eigenvalue weighted by atomic mass is 28.4. The van der Waals surface area contributed by atoms with Gasteiger partial charge in [0.1, 0.15) is 0 Å². The average Bonchev–Trinajstić information content (AvgIpc) is 2.75. The van der Waals surface area contributed by atoms with E-state index in [1.165, 1.54) is 70.6 Å². The molecule has 0 saturated heterocycles. The van der Waals surface area contributed by atoms with Crippen LogP contribution < -0.4 is 0 Å². The van der Waals surface area contributed by atoms with Crippen molar-refractivity contribution in [3.8, 4) is 0 Å². The van der Waals surface area contributed by atoms with Crippen LogP contribution in [0.15, 0.2) is 12.8 Å². The van der Waals surface area contributed by atoms with Crippen LogP contribution >= 0.6 is 0 Å².